The van der Waals surface area contributed by atoms with E-state index >= 15 is 0 Å². The molecule has 1 fully saturated rings. The van der Waals surface area contributed by atoms with Crippen molar-refractivity contribution in [1.82, 2.24) is 0 Å². The van der Waals surface area contributed by atoms with Crippen molar-refractivity contribution in [3.63, 3.8) is 0 Å². The summed E-state index contributed by atoms with van der Waals surface area (Å²) in [5, 5.41) is 0. The van der Waals surface area contributed by atoms with Crippen LogP contribution in [0, 0.1) is 0 Å². The highest BCUT2D eigenvalue weighted by Crippen LogP contribution is 2.34. The molecule has 2 aliphatic heterocycles. The Bertz CT molecular complexity index is 696. The molecule has 0 aromatic heterocycles. The summed E-state index contributed by atoms with van der Waals surface area (Å²) in [5.74, 6) is -0.244. The maximum Gasteiger partial charge on any atom is 0.335 e. The smallest absolute Gasteiger partial charge is 0.335 e. The van der Waals surface area contributed by atoms with Crippen molar-refractivity contribution >= 4 is 5.97 Å². The lowest BCUT2D eigenvalue weighted by Crippen LogP contribution is -2.41. The number of carbonyl (C=O) groups excluding carboxylic acids is 1. The molecule has 4 atom stereocenters. The Balaban J connectivity index is 1.69. The first-order chi connectivity index (χ1) is 13.9. The highest BCUT2D eigenvalue weighted by Gasteiger charge is 2.45. The molecule has 1 aromatic carbocycles. The molecule has 160 valence electrons. The first kappa shape index (κ1) is 21.8. The summed E-state index contributed by atoms with van der Waals surface area (Å²) in [4.78, 5) is 12.9. The summed E-state index contributed by atoms with van der Waals surface area (Å²) >= 11 is 0. The molecule has 0 spiro atoms. The van der Waals surface area contributed by atoms with E-state index in [-0.39, 0.29) is 24.3 Å². The lowest BCUT2D eigenvalue weighted by Gasteiger charge is -2.28. The molecule has 0 saturated carbocycles. The van der Waals surface area contributed by atoms with Crippen LogP contribution in [0.4, 0.5) is 0 Å². The predicted molar refractivity (Wildman–Crippen MR) is 109 cm³/mol. The van der Waals surface area contributed by atoms with Gasteiger partial charge in [-0.05, 0) is 50.8 Å². The van der Waals surface area contributed by atoms with E-state index in [9.17, 15) is 4.79 Å². The van der Waals surface area contributed by atoms with Crippen molar-refractivity contribution < 1.29 is 28.5 Å². The van der Waals surface area contributed by atoms with E-state index in [0.717, 1.165) is 17.7 Å². The second-order valence-electron chi connectivity index (χ2n) is 7.98. The summed E-state index contributed by atoms with van der Waals surface area (Å²) < 4.78 is 29.1. The van der Waals surface area contributed by atoms with Crippen molar-refractivity contribution in [2.75, 3.05) is 7.11 Å². The third kappa shape index (κ3) is 5.81. The maximum atomic E-state index is 12.9. The van der Waals surface area contributed by atoms with Crippen molar-refractivity contribution in [1.29, 1.82) is 0 Å². The fourth-order valence-electron chi connectivity index (χ4n) is 3.72. The molecule has 29 heavy (non-hydrogen) atoms. The highest BCUT2D eigenvalue weighted by molar-refractivity contribution is 5.75. The average molecular weight is 405 g/mol. The minimum atomic E-state index is -0.698. The SMILES string of the molecule is CCC[C@H]1OC(=O)[C@@H](OCc2ccc(OC)cc2)CC/C=C/[C@H]2OC(C)(C)O[C@@H]21. The normalized spacial score (nSPS) is 30.3. The fraction of sp³-hybridized carbons (Fsp3) is 0.609. The van der Waals surface area contributed by atoms with Gasteiger partial charge in [-0.2, -0.15) is 0 Å². The molecular weight excluding hydrogens is 372 g/mol. The quantitative estimate of drug-likeness (QED) is 0.524. The van der Waals surface area contributed by atoms with Gasteiger partial charge in [0.25, 0.3) is 0 Å². The third-order valence-corrected chi connectivity index (χ3v) is 5.17. The van der Waals surface area contributed by atoms with Crippen molar-refractivity contribution in [2.24, 2.45) is 0 Å². The fourth-order valence-corrected chi connectivity index (χ4v) is 3.72. The zero-order valence-electron chi connectivity index (χ0n) is 17.8. The molecule has 6 heteroatoms. The number of benzene rings is 1. The Morgan fingerprint density at radius 3 is 2.62 bits per heavy atom. The molecule has 0 radical (unpaired) electrons. The van der Waals surface area contributed by atoms with Gasteiger partial charge in [-0.15, -0.1) is 0 Å². The van der Waals surface area contributed by atoms with Gasteiger partial charge in [0.05, 0.1) is 13.7 Å². The lowest BCUT2D eigenvalue weighted by molar-refractivity contribution is -0.181. The van der Waals surface area contributed by atoms with Crippen molar-refractivity contribution in [2.45, 2.75) is 83.3 Å². The van der Waals surface area contributed by atoms with Gasteiger partial charge in [-0.1, -0.05) is 37.6 Å². The summed E-state index contributed by atoms with van der Waals surface area (Å²) in [7, 11) is 1.63. The lowest BCUT2D eigenvalue weighted by atomic mass is 10.0. The summed E-state index contributed by atoms with van der Waals surface area (Å²) in [6.07, 6.45) is 5.42. The van der Waals surface area contributed by atoms with Crippen molar-refractivity contribution in [3.05, 3.63) is 42.0 Å². The Morgan fingerprint density at radius 2 is 1.93 bits per heavy atom. The molecule has 1 aromatic rings. The van der Waals surface area contributed by atoms with Gasteiger partial charge in [-0.3, -0.25) is 0 Å². The molecule has 6 nitrogen and oxygen atoms in total. The first-order valence-corrected chi connectivity index (χ1v) is 10.4. The van der Waals surface area contributed by atoms with Crippen LogP contribution in [0.5, 0.6) is 5.75 Å². The molecule has 0 amide bonds. The largest absolute Gasteiger partial charge is 0.497 e. The van der Waals surface area contributed by atoms with E-state index in [1.165, 1.54) is 0 Å². The molecule has 0 aliphatic carbocycles. The summed E-state index contributed by atoms with van der Waals surface area (Å²) in [6.45, 7) is 6.18. The molecule has 2 heterocycles. The Morgan fingerprint density at radius 1 is 1.17 bits per heavy atom. The molecule has 1 saturated heterocycles. The van der Waals surface area contributed by atoms with E-state index < -0.39 is 11.9 Å². The van der Waals surface area contributed by atoms with E-state index in [4.69, 9.17) is 23.7 Å². The Hall–Kier alpha value is -1.89. The number of carbonyl (C=O) groups is 1. The monoisotopic (exact) mass is 404 g/mol. The number of cyclic esters (lactones) is 1. The predicted octanol–water partition coefficient (Wildman–Crippen LogP) is 4.16. The highest BCUT2D eigenvalue weighted by atomic mass is 16.8. The van der Waals surface area contributed by atoms with Crippen LogP contribution in [0.15, 0.2) is 36.4 Å². The van der Waals surface area contributed by atoms with Crippen LogP contribution in [-0.2, 0) is 30.3 Å². The second kappa shape index (κ2) is 9.74. The van der Waals surface area contributed by atoms with Gasteiger partial charge in [0.2, 0.25) is 0 Å². The number of allylic oxidation sites excluding steroid dienone is 1. The van der Waals surface area contributed by atoms with Crippen LogP contribution in [-0.4, -0.2) is 43.3 Å². The summed E-state index contributed by atoms with van der Waals surface area (Å²) in [6, 6.07) is 7.62. The molecule has 0 unspecified atom stereocenters. The van der Waals surface area contributed by atoms with Gasteiger partial charge in [0.15, 0.2) is 11.9 Å². The number of ether oxygens (including phenoxy) is 5. The van der Waals surface area contributed by atoms with Gasteiger partial charge < -0.3 is 23.7 Å². The van der Waals surface area contributed by atoms with E-state index in [1.807, 2.05) is 50.3 Å². The van der Waals surface area contributed by atoms with Crippen LogP contribution >= 0.6 is 0 Å². The minimum Gasteiger partial charge on any atom is -0.497 e. The minimum absolute atomic E-state index is 0.217. The number of fused-ring (bicyclic) bond motifs is 1. The number of hydrogen-bond donors (Lipinski definition) is 0. The third-order valence-electron chi connectivity index (χ3n) is 5.17. The van der Waals surface area contributed by atoms with Crippen LogP contribution < -0.4 is 4.74 Å². The molecule has 0 bridgehead atoms. The molecule has 0 N–H and O–H groups in total. The van der Waals surface area contributed by atoms with Crippen LogP contribution in [0.25, 0.3) is 0 Å². The topological polar surface area (TPSA) is 63.2 Å². The standard InChI is InChI=1S/C23H32O6/c1-5-8-18-21-19(28-23(2,3)29-21)9-6-7-10-20(22(24)27-18)26-15-16-11-13-17(25-4)14-12-16/h6,9,11-14,18-21H,5,7-8,10,15H2,1-4H3/b9-6+/t18-,19-,20+,21-/m1/s1. The van der Waals surface area contributed by atoms with Gasteiger partial charge in [0, 0.05) is 0 Å². The van der Waals surface area contributed by atoms with E-state index in [1.54, 1.807) is 7.11 Å². The molecule has 3 rings (SSSR count). The van der Waals surface area contributed by atoms with Gasteiger partial charge >= 0.3 is 5.97 Å². The number of esters is 1. The Labute approximate surface area is 173 Å². The van der Waals surface area contributed by atoms with Crippen molar-refractivity contribution in [3.8, 4) is 5.75 Å². The second-order valence-corrected chi connectivity index (χ2v) is 7.98. The van der Waals surface area contributed by atoms with Gasteiger partial charge in [0.1, 0.15) is 24.1 Å². The van der Waals surface area contributed by atoms with Crippen LogP contribution in [0.3, 0.4) is 0 Å². The Kier molecular flexibility index (Phi) is 7.33. The zero-order chi connectivity index (χ0) is 20.9. The maximum absolute atomic E-state index is 12.9. The van der Waals surface area contributed by atoms with E-state index in [0.29, 0.717) is 25.9 Å². The first-order valence-electron chi connectivity index (χ1n) is 10.4. The number of methoxy groups -OCH3 is 1. The molecular formula is C23H32O6. The van der Waals surface area contributed by atoms with Crippen LogP contribution in [0.1, 0.15) is 52.0 Å². The number of rotatable bonds is 6. The average Bonchev–Trinajstić information content (AvgIpc) is 3.01. The summed E-state index contributed by atoms with van der Waals surface area (Å²) in [5.41, 5.74) is 0.977. The van der Waals surface area contributed by atoms with Crippen LogP contribution in [0.2, 0.25) is 0 Å². The van der Waals surface area contributed by atoms with E-state index in [2.05, 4.69) is 6.92 Å². The van der Waals surface area contributed by atoms with Gasteiger partial charge in [-0.25, -0.2) is 4.79 Å². The molecule has 2 aliphatic rings. The number of hydrogen-bond acceptors (Lipinski definition) is 6. The zero-order valence-corrected chi connectivity index (χ0v) is 17.8.